The van der Waals surface area contributed by atoms with E-state index in [0.29, 0.717) is 6.04 Å². The standard InChI is InChI=1S/C13H29N3/c1-5-6-13(4,11-14)16-9-7-15(8-10-16)12(2)3/h12H,5-11,14H2,1-4H3. The van der Waals surface area contributed by atoms with Crippen molar-refractivity contribution in [2.75, 3.05) is 32.7 Å². The van der Waals surface area contributed by atoms with Crippen LogP contribution in [0.3, 0.4) is 0 Å². The average Bonchev–Trinajstić information content (AvgIpc) is 2.29. The van der Waals surface area contributed by atoms with Crippen LogP contribution in [0, 0.1) is 0 Å². The van der Waals surface area contributed by atoms with Crippen LogP contribution in [0.5, 0.6) is 0 Å². The van der Waals surface area contributed by atoms with Crippen molar-refractivity contribution in [3.63, 3.8) is 0 Å². The third-order valence-corrected chi connectivity index (χ3v) is 4.04. The molecule has 1 fully saturated rings. The van der Waals surface area contributed by atoms with Crippen LogP contribution in [-0.4, -0.2) is 54.1 Å². The van der Waals surface area contributed by atoms with E-state index in [1.54, 1.807) is 0 Å². The van der Waals surface area contributed by atoms with Crippen LogP contribution in [0.1, 0.15) is 40.5 Å². The maximum absolute atomic E-state index is 5.96. The van der Waals surface area contributed by atoms with E-state index in [9.17, 15) is 0 Å². The van der Waals surface area contributed by atoms with Gasteiger partial charge in [-0.3, -0.25) is 9.80 Å². The summed E-state index contributed by atoms with van der Waals surface area (Å²) in [7, 11) is 0. The molecule has 0 spiro atoms. The van der Waals surface area contributed by atoms with Crippen molar-refractivity contribution in [3.8, 4) is 0 Å². The Bertz CT molecular complexity index is 197. The quantitative estimate of drug-likeness (QED) is 0.773. The molecule has 0 aromatic rings. The van der Waals surface area contributed by atoms with Crippen LogP contribution in [0.4, 0.5) is 0 Å². The molecule has 1 rings (SSSR count). The number of piperazine rings is 1. The first-order valence-corrected chi connectivity index (χ1v) is 6.72. The van der Waals surface area contributed by atoms with Gasteiger partial charge in [-0.25, -0.2) is 0 Å². The van der Waals surface area contributed by atoms with Crippen LogP contribution in [0.25, 0.3) is 0 Å². The lowest BCUT2D eigenvalue weighted by atomic mass is 9.93. The van der Waals surface area contributed by atoms with E-state index in [1.807, 2.05) is 0 Å². The molecule has 1 saturated heterocycles. The molecule has 96 valence electrons. The van der Waals surface area contributed by atoms with Crippen molar-refractivity contribution in [3.05, 3.63) is 0 Å². The topological polar surface area (TPSA) is 32.5 Å². The fourth-order valence-electron chi connectivity index (χ4n) is 2.71. The molecule has 1 aliphatic rings. The first-order valence-electron chi connectivity index (χ1n) is 6.72. The maximum Gasteiger partial charge on any atom is 0.0304 e. The number of hydrogen-bond donors (Lipinski definition) is 1. The lowest BCUT2D eigenvalue weighted by Gasteiger charge is -2.46. The molecule has 3 heteroatoms. The summed E-state index contributed by atoms with van der Waals surface area (Å²) in [5, 5.41) is 0. The highest BCUT2D eigenvalue weighted by Crippen LogP contribution is 2.22. The molecule has 0 amide bonds. The molecule has 0 aromatic heterocycles. The van der Waals surface area contributed by atoms with Gasteiger partial charge in [0.15, 0.2) is 0 Å². The average molecular weight is 227 g/mol. The summed E-state index contributed by atoms with van der Waals surface area (Å²) in [6.45, 7) is 14.6. The molecule has 1 unspecified atom stereocenters. The van der Waals surface area contributed by atoms with Gasteiger partial charge in [0, 0.05) is 44.3 Å². The van der Waals surface area contributed by atoms with Gasteiger partial charge in [0.1, 0.15) is 0 Å². The molecule has 0 bridgehead atoms. The van der Waals surface area contributed by atoms with E-state index in [4.69, 9.17) is 5.73 Å². The highest BCUT2D eigenvalue weighted by atomic mass is 15.3. The summed E-state index contributed by atoms with van der Waals surface area (Å²) in [6, 6.07) is 0.678. The summed E-state index contributed by atoms with van der Waals surface area (Å²) >= 11 is 0. The van der Waals surface area contributed by atoms with E-state index in [1.165, 1.54) is 39.0 Å². The zero-order valence-corrected chi connectivity index (χ0v) is 11.5. The lowest BCUT2D eigenvalue weighted by molar-refractivity contribution is 0.0304. The van der Waals surface area contributed by atoms with Crippen LogP contribution >= 0.6 is 0 Å². The Balaban J connectivity index is 2.51. The summed E-state index contributed by atoms with van der Waals surface area (Å²) in [5.41, 5.74) is 6.18. The van der Waals surface area contributed by atoms with E-state index in [0.717, 1.165) is 6.54 Å². The van der Waals surface area contributed by atoms with E-state index < -0.39 is 0 Å². The summed E-state index contributed by atoms with van der Waals surface area (Å²) < 4.78 is 0. The zero-order valence-electron chi connectivity index (χ0n) is 11.5. The van der Waals surface area contributed by atoms with Crippen molar-refractivity contribution in [2.24, 2.45) is 5.73 Å². The second-order valence-corrected chi connectivity index (χ2v) is 5.57. The molecule has 0 aliphatic carbocycles. The monoisotopic (exact) mass is 227 g/mol. The summed E-state index contributed by atoms with van der Waals surface area (Å²) in [6.07, 6.45) is 2.43. The van der Waals surface area contributed by atoms with E-state index in [-0.39, 0.29) is 5.54 Å². The van der Waals surface area contributed by atoms with Crippen LogP contribution in [-0.2, 0) is 0 Å². The van der Waals surface area contributed by atoms with Crippen molar-refractivity contribution in [1.29, 1.82) is 0 Å². The summed E-state index contributed by atoms with van der Waals surface area (Å²) in [5.74, 6) is 0. The van der Waals surface area contributed by atoms with Crippen LogP contribution < -0.4 is 5.73 Å². The minimum atomic E-state index is 0.220. The normalized spacial score (nSPS) is 23.6. The number of nitrogens with zero attached hydrogens (tertiary/aromatic N) is 2. The Labute approximate surface area is 101 Å². The predicted molar refractivity (Wildman–Crippen MR) is 70.6 cm³/mol. The molecule has 16 heavy (non-hydrogen) atoms. The van der Waals surface area contributed by atoms with Gasteiger partial charge in [-0.05, 0) is 27.2 Å². The maximum atomic E-state index is 5.96. The number of hydrogen-bond acceptors (Lipinski definition) is 3. The van der Waals surface area contributed by atoms with Crippen molar-refractivity contribution < 1.29 is 0 Å². The first-order chi connectivity index (χ1) is 7.53. The Hall–Kier alpha value is -0.120. The van der Waals surface area contributed by atoms with Crippen LogP contribution in [0.2, 0.25) is 0 Å². The lowest BCUT2D eigenvalue weighted by Crippen LogP contribution is -2.59. The van der Waals surface area contributed by atoms with Gasteiger partial charge in [-0.2, -0.15) is 0 Å². The second-order valence-electron chi connectivity index (χ2n) is 5.57. The molecule has 0 saturated carbocycles. The number of rotatable bonds is 5. The van der Waals surface area contributed by atoms with Crippen molar-refractivity contribution >= 4 is 0 Å². The Morgan fingerprint density at radius 1 is 1.19 bits per heavy atom. The van der Waals surface area contributed by atoms with Gasteiger partial charge < -0.3 is 5.73 Å². The number of nitrogens with two attached hydrogens (primary N) is 1. The molecule has 0 radical (unpaired) electrons. The van der Waals surface area contributed by atoms with Gasteiger partial charge in [-0.1, -0.05) is 13.3 Å². The zero-order chi connectivity index (χ0) is 12.2. The highest BCUT2D eigenvalue weighted by Gasteiger charge is 2.32. The fourth-order valence-corrected chi connectivity index (χ4v) is 2.71. The molecule has 3 nitrogen and oxygen atoms in total. The van der Waals surface area contributed by atoms with Gasteiger partial charge in [-0.15, -0.1) is 0 Å². The molecule has 1 heterocycles. The fraction of sp³-hybridized carbons (Fsp3) is 1.00. The van der Waals surface area contributed by atoms with Crippen molar-refractivity contribution in [2.45, 2.75) is 52.1 Å². The molecular formula is C13H29N3. The Kier molecular flexibility index (Phi) is 5.22. The van der Waals surface area contributed by atoms with E-state index in [2.05, 4.69) is 37.5 Å². The Morgan fingerprint density at radius 2 is 1.75 bits per heavy atom. The molecule has 2 N–H and O–H groups in total. The van der Waals surface area contributed by atoms with Gasteiger partial charge in [0.25, 0.3) is 0 Å². The summed E-state index contributed by atoms with van der Waals surface area (Å²) in [4.78, 5) is 5.15. The van der Waals surface area contributed by atoms with Gasteiger partial charge in [0.2, 0.25) is 0 Å². The third kappa shape index (κ3) is 3.19. The highest BCUT2D eigenvalue weighted by molar-refractivity contribution is 4.90. The molecule has 1 aliphatic heterocycles. The van der Waals surface area contributed by atoms with E-state index >= 15 is 0 Å². The predicted octanol–water partition coefficient (Wildman–Crippen LogP) is 1.53. The van der Waals surface area contributed by atoms with Gasteiger partial charge in [0.05, 0.1) is 0 Å². The van der Waals surface area contributed by atoms with Gasteiger partial charge >= 0.3 is 0 Å². The largest absolute Gasteiger partial charge is 0.329 e. The SMILES string of the molecule is CCCC(C)(CN)N1CCN(C(C)C)CC1. The molecule has 1 atom stereocenters. The Morgan fingerprint density at radius 3 is 2.12 bits per heavy atom. The third-order valence-electron chi connectivity index (χ3n) is 4.04. The smallest absolute Gasteiger partial charge is 0.0304 e. The molecule has 0 aromatic carbocycles. The van der Waals surface area contributed by atoms with Crippen LogP contribution in [0.15, 0.2) is 0 Å². The first kappa shape index (κ1) is 13.9. The minimum absolute atomic E-state index is 0.220. The second kappa shape index (κ2) is 5.99. The molecular weight excluding hydrogens is 198 g/mol. The van der Waals surface area contributed by atoms with Crippen molar-refractivity contribution in [1.82, 2.24) is 9.80 Å². The minimum Gasteiger partial charge on any atom is -0.329 e.